The van der Waals surface area contributed by atoms with Crippen molar-refractivity contribution >= 4 is 11.9 Å². The SMILES string of the molecule is CCCCC/C=C\C/C=C\CCCCCCCCCC(=O)O[C@H](COCCCCCCCCCCCCCCCCCC)COC(=O)CCCCCCCCC/C=C\CCCCCCCC. The van der Waals surface area contributed by atoms with Gasteiger partial charge in [-0.05, 0) is 77.0 Å². The second kappa shape index (κ2) is 57.4. The summed E-state index contributed by atoms with van der Waals surface area (Å²) in [6.07, 6.45) is 70.2. The fraction of sp³-hybridized carbons (Fsp3) is 0.869. The Bertz CT molecular complexity index is 1050. The van der Waals surface area contributed by atoms with Gasteiger partial charge in [0.05, 0.1) is 6.61 Å². The highest BCUT2D eigenvalue weighted by Gasteiger charge is 2.17. The van der Waals surface area contributed by atoms with Crippen molar-refractivity contribution in [3.8, 4) is 0 Å². The number of carbonyl (C=O) groups excluding carboxylic acids is 2. The molecule has 66 heavy (non-hydrogen) atoms. The third-order valence-electron chi connectivity index (χ3n) is 13.1. The van der Waals surface area contributed by atoms with Crippen LogP contribution in [-0.2, 0) is 23.8 Å². The molecule has 0 amide bonds. The van der Waals surface area contributed by atoms with E-state index in [-0.39, 0.29) is 25.2 Å². The van der Waals surface area contributed by atoms with Crippen molar-refractivity contribution in [2.45, 2.75) is 322 Å². The van der Waals surface area contributed by atoms with Crippen molar-refractivity contribution in [1.29, 1.82) is 0 Å². The summed E-state index contributed by atoms with van der Waals surface area (Å²) >= 11 is 0. The van der Waals surface area contributed by atoms with E-state index >= 15 is 0 Å². The Morgan fingerprint density at radius 3 is 1.05 bits per heavy atom. The first-order valence-corrected chi connectivity index (χ1v) is 29.5. The molecule has 5 heteroatoms. The quantitative estimate of drug-likeness (QED) is 0.0345. The monoisotopic (exact) mass is 927 g/mol. The minimum absolute atomic E-state index is 0.0852. The highest BCUT2D eigenvalue weighted by atomic mass is 16.6. The first kappa shape index (κ1) is 64.1. The van der Waals surface area contributed by atoms with E-state index in [0.29, 0.717) is 19.4 Å². The van der Waals surface area contributed by atoms with Gasteiger partial charge in [0.25, 0.3) is 0 Å². The number of hydrogen-bond acceptors (Lipinski definition) is 5. The predicted molar refractivity (Wildman–Crippen MR) is 288 cm³/mol. The average Bonchev–Trinajstić information content (AvgIpc) is 3.32. The fourth-order valence-electron chi connectivity index (χ4n) is 8.71. The topological polar surface area (TPSA) is 61.8 Å². The summed E-state index contributed by atoms with van der Waals surface area (Å²) in [4.78, 5) is 25.5. The Morgan fingerprint density at radius 1 is 0.333 bits per heavy atom. The molecule has 0 aliphatic carbocycles. The van der Waals surface area contributed by atoms with Gasteiger partial charge < -0.3 is 14.2 Å². The molecular weight excluding hydrogens is 813 g/mol. The van der Waals surface area contributed by atoms with Gasteiger partial charge in [-0.2, -0.15) is 0 Å². The lowest BCUT2D eigenvalue weighted by Crippen LogP contribution is -2.30. The van der Waals surface area contributed by atoms with Crippen LogP contribution in [0, 0.1) is 0 Å². The molecule has 0 aromatic rings. The largest absolute Gasteiger partial charge is 0.462 e. The van der Waals surface area contributed by atoms with Crippen molar-refractivity contribution in [1.82, 2.24) is 0 Å². The minimum Gasteiger partial charge on any atom is -0.462 e. The molecule has 0 fully saturated rings. The normalized spacial score (nSPS) is 12.3. The number of esters is 2. The number of unbranched alkanes of at least 4 members (excludes halogenated alkanes) is 38. The highest BCUT2D eigenvalue weighted by molar-refractivity contribution is 5.70. The Kier molecular flexibility index (Phi) is 55.8. The van der Waals surface area contributed by atoms with E-state index in [1.807, 2.05) is 0 Å². The molecule has 5 nitrogen and oxygen atoms in total. The first-order chi connectivity index (χ1) is 32.6. The molecule has 0 rings (SSSR count). The van der Waals surface area contributed by atoms with Crippen LogP contribution in [0.3, 0.4) is 0 Å². The van der Waals surface area contributed by atoms with Gasteiger partial charge >= 0.3 is 11.9 Å². The van der Waals surface area contributed by atoms with Crippen LogP contribution in [0.2, 0.25) is 0 Å². The molecule has 0 unspecified atom stereocenters. The fourth-order valence-corrected chi connectivity index (χ4v) is 8.71. The second-order valence-corrected chi connectivity index (χ2v) is 19.9. The Hall–Kier alpha value is -1.88. The van der Waals surface area contributed by atoms with Crippen LogP contribution in [0.4, 0.5) is 0 Å². The molecule has 0 aliphatic rings. The summed E-state index contributed by atoms with van der Waals surface area (Å²) < 4.78 is 17.5. The highest BCUT2D eigenvalue weighted by Crippen LogP contribution is 2.16. The predicted octanol–water partition coefficient (Wildman–Crippen LogP) is 20.1. The molecule has 0 spiro atoms. The van der Waals surface area contributed by atoms with Crippen LogP contribution >= 0.6 is 0 Å². The number of rotatable bonds is 55. The van der Waals surface area contributed by atoms with Gasteiger partial charge in [-0.25, -0.2) is 0 Å². The molecule has 0 aromatic heterocycles. The lowest BCUT2D eigenvalue weighted by Gasteiger charge is -2.18. The molecular formula is C61H114O5. The summed E-state index contributed by atoms with van der Waals surface area (Å²) in [6.45, 7) is 7.85. The van der Waals surface area contributed by atoms with E-state index in [1.165, 1.54) is 238 Å². The van der Waals surface area contributed by atoms with Gasteiger partial charge in [-0.15, -0.1) is 0 Å². The zero-order valence-corrected chi connectivity index (χ0v) is 44.7. The van der Waals surface area contributed by atoms with Crippen molar-refractivity contribution < 1.29 is 23.8 Å². The minimum atomic E-state index is -0.538. The molecule has 0 heterocycles. The average molecular weight is 928 g/mol. The Labute approximate surface area is 412 Å². The van der Waals surface area contributed by atoms with Crippen molar-refractivity contribution in [2.24, 2.45) is 0 Å². The number of carbonyl (C=O) groups is 2. The van der Waals surface area contributed by atoms with Crippen molar-refractivity contribution in [3.63, 3.8) is 0 Å². The van der Waals surface area contributed by atoms with Crippen LogP contribution < -0.4 is 0 Å². The van der Waals surface area contributed by atoms with Gasteiger partial charge in [0.1, 0.15) is 6.61 Å². The zero-order valence-electron chi connectivity index (χ0n) is 44.7. The van der Waals surface area contributed by atoms with E-state index in [0.717, 1.165) is 44.9 Å². The summed E-state index contributed by atoms with van der Waals surface area (Å²) in [5.74, 6) is -0.392. The molecule has 1 atom stereocenters. The maximum atomic E-state index is 12.9. The molecule has 0 radical (unpaired) electrons. The first-order valence-electron chi connectivity index (χ1n) is 29.5. The Balaban J connectivity index is 4.25. The van der Waals surface area contributed by atoms with Gasteiger partial charge in [-0.3, -0.25) is 9.59 Å². The molecule has 0 N–H and O–H groups in total. The third-order valence-corrected chi connectivity index (χ3v) is 13.1. The number of hydrogen-bond donors (Lipinski definition) is 0. The van der Waals surface area contributed by atoms with Crippen LogP contribution in [0.25, 0.3) is 0 Å². The maximum absolute atomic E-state index is 12.9. The lowest BCUT2D eigenvalue weighted by atomic mass is 10.0. The lowest BCUT2D eigenvalue weighted by molar-refractivity contribution is -0.163. The number of allylic oxidation sites excluding steroid dienone is 6. The van der Waals surface area contributed by atoms with E-state index in [2.05, 4.69) is 57.2 Å². The summed E-state index contributed by atoms with van der Waals surface area (Å²) in [7, 11) is 0. The molecule has 0 saturated carbocycles. The van der Waals surface area contributed by atoms with Crippen LogP contribution in [0.5, 0.6) is 0 Å². The van der Waals surface area contributed by atoms with E-state index < -0.39 is 6.10 Å². The van der Waals surface area contributed by atoms with Gasteiger partial charge in [0.2, 0.25) is 0 Å². The maximum Gasteiger partial charge on any atom is 0.306 e. The molecule has 0 bridgehead atoms. The third kappa shape index (κ3) is 54.7. The van der Waals surface area contributed by atoms with E-state index in [1.54, 1.807) is 0 Å². The van der Waals surface area contributed by atoms with Gasteiger partial charge in [-0.1, -0.05) is 263 Å². The Morgan fingerprint density at radius 2 is 0.636 bits per heavy atom. The zero-order chi connectivity index (χ0) is 47.7. The summed E-state index contributed by atoms with van der Waals surface area (Å²) in [5, 5.41) is 0. The summed E-state index contributed by atoms with van der Waals surface area (Å²) in [6, 6.07) is 0. The van der Waals surface area contributed by atoms with Crippen LogP contribution in [-0.4, -0.2) is 37.9 Å². The molecule has 0 saturated heterocycles. The number of ether oxygens (including phenoxy) is 3. The molecule has 0 aromatic carbocycles. The van der Waals surface area contributed by atoms with Gasteiger partial charge in [0.15, 0.2) is 6.10 Å². The van der Waals surface area contributed by atoms with E-state index in [4.69, 9.17) is 14.2 Å². The second-order valence-electron chi connectivity index (χ2n) is 19.9. The van der Waals surface area contributed by atoms with Crippen molar-refractivity contribution in [2.75, 3.05) is 19.8 Å². The van der Waals surface area contributed by atoms with Crippen LogP contribution in [0.15, 0.2) is 36.5 Å². The van der Waals surface area contributed by atoms with Gasteiger partial charge in [0, 0.05) is 19.4 Å². The molecule has 388 valence electrons. The smallest absolute Gasteiger partial charge is 0.306 e. The van der Waals surface area contributed by atoms with E-state index in [9.17, 15) is 9.59 Å². The summed E-state index contributed by atoms with van der Waals surface area (Å²) in [5.41, 5.74) is 0. The van der Waals surface area contributed by atoms with Crippen molar-refractivity contribution in [3.05, 3.63) is 36.5 Å². The van der Waals surface area contributed by atoms with Crippen LogP contribution in [0.1, 0.15) is 316 Å². The standard InChI is InChI=1S/C61H114O5/c1-4-7-10-13-16-19-22-25-28-31-33-36-39-42-45-48-51-54-60(62)65-58-59(57-64-56-53-50-47-44-41-38-35-30-27-24-21-18-15-12-9-6-3)66-61(63)55-52-49-46-43-40-37-34-32-29-26-23-20-17-14-11-8-5-2/h17,20,25-26,28-29,59H,4-16,18-19,21-24,27,30-58H2,1-3H3/b20-17-,28-25-,29-26-/t59-/m1/s1. The molecule has 0 aliphatic heterocycles.